The van der Waals surface area contributed by atoms with E-state index < -0.39 is 15.9 Å². The van der Waals surface area contributed by atoms with Gasteiger partial charge in [-0.3, -0.25) is 9.59 Å². The Hall–Kier alpha value is -3.95. The number of hydrogen-bond donors (Lipinski definition) is 1. The number of carbonyl (C=O) groups is 2. The second kappa shape index (κ2) is 11.6. The molecule has 2 amide bonds. The summed E-state index contributed by atoms with van der Waals surface area (Å²) in [6.07, 6.45) is 2.41. The number of nitriles is 1. The molecule has 0 aliphatic carbocycles. The zero-order valence-corrected chi connectivity index (χ0v) is 22.6. The number of nitrogens with one attached hydrogen (secondary N) is 1. The monoisotopic (exact) mass is 553 g/mol. The highest BCUT2D eigenvalue weighted by atomic mass is 32.2. The fourth-order valence-electron chi connectivity index (χ4n) is 4.00. The van der Waals surface area contributed by atoms with E-state index in [9.17, 15) is 23.3 Å². The maximum Gasteiger partial charge on any atom is 0.284 e. The Kier molecular flexibility index (Phi) is 8.29. The SMILES string of the molecule is Cc1sc(N(Cc2ccc(OCCN3CCCC3=O)cc2)c2ccc(C#N)cc2)nc1C(=O)NS(C)(=O)=O. The van der Waals surface area contributed by atoms with Crippen LogP contribution < -0.4 is 14.4 Å². The van der Waals surface area contributed by atoms with Gasteiger partial charge in [0.25, 0.3) is 5.91 Å². The molecule has 1 aliphatic heterocycles. The predicted octanol–water partition coefficient (Wildman–Crippen LogP) is 3.35. The first-order chi connectivity index (χ1) is 18.1. The molecule has 1 N–H and O–H groups in total. The fraction of sp³-hybridized carbons (Fsp3) is 0.308. The molecule has 0 saturated carbocycles. The number of ether oxygens (including phenoxy) is 1. The van der Waals surface area contributed by atoms with Crippen LogP contribution in [-0.2, 0) is 21.4 Å². The maximum atomic E-state index is 12.5. The number of amides is 2. The topological polar surface area (TPSA) is 133 Å². The molecular formula is C26H27N5O5S2. The van der Waals surface area contributed by atoms with Crippen molar-refractivity contribution >= 4 is 44.0 Å². The molecule has 1 fully saturated rings. The van der Waals surface area contributed by atoms with Gasteiger partial charge in [0, 0.05) is 23.5 Å². The number of aryl methyl sites for hydroxylation is 1. The zero-order chi connectivity index (χ0) is 27.3. The summed E-state index contributed by atoms with van der Waals surface area (Å²) in [6.45, 7) is 3.86. The quantitative estimate of drug-likeness (QED) is 0.404. The van der Waals surface area contributed by atoms with Crippen LogP contribution in [0.25, 0.3) is 0 Å². The van der Waals surface area contributed by atoms with Crippen LogP contribution in [0.5, 0.6) is 5.75 Å². The van der Waals surface area contributed by atoms with Gasteiger partial charge in [-0.2, -0.15) is 5.26 Å². The first-order valence-electron chi connectivity index (χ1n) is 11.9. The van der Waals surface area contributed by atoms with E-state index in [-0.39, 0.29) is 11.6 Å². The van der Waals surface area contributed by atoms with Gasteiger partial charge in [-0.1, -0.05) is 12.1 Å². The number of likely N-dealkylation sites (tertiary alicyclic amines) is 1. The van der Waals surface area contributed by atoms with E-state index in [4.69, 9.17) is 4.74 Å². The minimum Gasteiger partial charge on any atom is -0.492 e. The van der Waals surface area contributed by atoms with Crippen molar-refractivity contribution < 1.29 is 22.7 Å². The Labute approximate surface area is 225 Å². The van der Waals surface area contributed by atoms with Gasteiger partial charge in [-0.15, -0.1) is 11.3 Å². The zero-order valence-electron chi connectivity index (χ0n) is 21.0. The number of nitrogens with zero attached hydrogens (tertiary/aromatic N) is 4. The van der Waals surface area contributed by atoms with Gasteiger partial charge >= 0.3 is 0 Å². The summed E-state index contributed by atoms with van der Waals surface area (Å²) < 4.78 is 30.9. The smallest absolute Gasteiger partial charge is 0.284 e. The van der Waals surface area contributed by atoms with Crippen LogP contribution in [0.4, 0.5) is 10.8 Å². The number of aromatic nitrogens is 1. The van der Waals surface area contributed by atoms with Gasteiger partial charge in [-0.05, 0) is 55.3 Å². The van der Waals surface area contributed by atoms with Gasteiger partial charge in [-0.25, -0.2) is 18.1 Å². The normalized spacial score (nSPS) is 13.3. The molecule has 38 heavy (non-hydrogen) atoms. The molecule has 3 aromatic rings. The van der Waals surface area contributed by atoms with Crippen molar-refractivity contribution in [3.63, 3.8) is 0 Å². The van der Waals surface area contributed by atoms with Gasteiger partial charge in [0.1, 0.15) is 18.1 Å². The summed E-state index contributed by atoms with van der Waals surface area (Å²) in [6, 6.07) is 16.6. The molecule has 0 spiro atoms. The molecule has 1 aromatic heterocycles. The van der Waals surface area contributed by atoms with Crippen molar-refractivity contribution in [3.05, 3.63) is 70.2 Å². The number of hydrogen-bond acceptors (Lipinski definition) is 9. The molecule has 1 saturated heterocycles. The minimum absolute atomic E-state index is 0.0364. The third-order valence-corrected chi connectivity index (χ3v) is 7.43. The standard InChI is InChI=1S/C26H27N5O5S2/c1-18-24(25(33)29-38(2,34)35)28-26(37-18)31(21-9-5-19(16-27)6-10-21)17-20-7-11-22(12-8-20)36-15-14-30-13-3-4-23(30)32/h5-12H,3-4,13-15,17H2,1-2H3,(H,29,33). The molecule has 0 radical (unpaired) electrons. The molecule has 1 aliphatic rings. The molecule has 2 heterocycles. The highest BCUT2D eigenvalue weighted by Gasteiger charge is 2.23. The molecule has 198 valence electrons. The third kappa shape index (κ3) is 6.87. The van der Waals surface area contributed by atoms with Gasteiger partial charge in [0.2, 0.25) is 15.9 Å². The van der Waals surface area contributed by atoms with E-state index >= 15 is 0 Å². The summed E-state index contributed by atoms with van der Waals surface area (Å²) in [5.41, 5.74) is 2.23. The van der Waals surface area contributed by atoms with Crippen LogP contribution in [0.1, 0.15) is 39.3 Å². The molecule has 12 heteroatoms. The lowest BCUT2D eigenvalue weighted by atomic mass is 10.1. The van der Waals surface area contributed by atoms with Crippen LogP contribution in [0.2, 0.25) is 0 Å². The van der Waals surface area contributed by atoms with Crippen LogP contribution in [0.3, 0.4) is 0 Å². The molecule has 0 bridgehead atoms. The van der Waals surface area contributed by atoms with E-state index in [0.29, 0.717) is 47.4 Å². The molecule has 10 nitrogen and oxygen atoms in total. The lowest BCUT2D eigenvalue weighted by molar-refractivity contribution is -0.128. The number of thiazole rings is 1. The third-order valence-electron chi connectivity index (χ3n) is 5.88. The summed E-state index contributed by atoms with van der Waals surface area (Å²) in [7, 11) is -3.74. The largest absolute Gasteiger partial charge is 0.492 e. The summed E-state index contributed by atoms with van der Waals surface area (Å²) in [4.78, 5) is 33.0. The van der Waals surface area contributed by atoms with Crippen molar-refractivity contribution in [3.8, 4) is 11.8 Å². The highest BCUT2D eigenvalue weighted by molar-refractivity contribution is 7.89. The van der Waals surface area contributed by atoms with Crippen LogP contribution in [0.15, 0.2) is 48.5 Å². The Balaban J connectivity index is 1.52. The maximum absolute atomic E-state index is 12.5. The average Bonchev–Trinajstić information content (AvgIpc) is 3.47. The van der Waals surface area contributed by atoms with Crippen molar-refractivity contribution in [2.45, 2.75) is 26.3 Å². The van der Waals surface area contributed by atoms with E-state index in [0.717, 1.165) is 30.5 Å². The molecular weight excluding hydrogens is 526 g/mol. The first-order valence-corrected chi connectivity index (χ1v) is 14.6. The Morgan fingerprint density at radius 3 is 2.53 bits per heavy atom. The lowest BCUT2D eigenvalue weighted by Gasteiger charge is -2.22. The van der Waals surface area contributed by atoms with Crippen molar-refractivity contribution in [2.24, 2.45) is 0 Å². The van der Waals surface area contributed by atoms with E-state index in [1.165, 1.54) is 11.3 Å². The van der Waals surface area contributed by atoms with Crippen LogP contribution in [0, 0.1) is 18.3 Å². The van der Waals surface area contributed by atoms with Crippen molar-refractivity contribution in [2.75, 3.05) is 30.9 Å². The second-order valence-electron chi connectivity index (χ2n) is 8.83. The Morgan fingerprint density at radius 2 is 1.92 bits per heavy atom. The van der Waals surface area contributed by atoms with Gasteiger partial charge in [0.05, 0.1) is 31.0 Å². The van der Waals surface area contributed by atoms with E-state index in [2.05, 4.69) is 11.1 Å². The number of anilines is 2. The number of carbonyl (C=O) groups excluding carboxylic acids is 2. The van der Waals surface area contributed by atoms with Gasteiger partial charge in [0.15, 0.2) is 5.13 Å². The molecule has 2 aromatic carbocycles. The number of rotatable bonds is 10. The van der Waals surface area contributed by atoms with Crippen LogP contribution >= 0.6 is 11.3 Å². The van der Waals surface area contributed by atoms with Gasteiger partial charge < -0.3 is 14.5 Å². The first kappa shape index (κ1) is 27.1. The second-order valence-corrected chi connectivity index (χ2v) is 11.8. The predicted molar refractivity (Wildman–Crippen MR) is 144 cm³/mol. The van der Waals surface area contributed by atoms with E-state index in [1.54, 1.807) is 31.2 Å². The molecule has 4 rings (SSSR count). The Morgan fingerprint density at radius 1 is 1.21 bits per heavy atom. The number of sulfonamides is 1. The molecule has 0 atom stereocenters. The van der Waals surface area contributed by atoms with E-state index in [1.807, 2.05) is 38.8 Å². The highest BCUT2D eigenvalue weighted by Crippen LogP contribution is 2.33. The average molecular weight is 554 g/mol. The summed E-state index contributed by atoms with van der Waals surface area (Å²) >= 11 is 1.26. The summed E-state index contributed by atoms with van der Waals surface area (Å²) in [5, 5.41) is 9.68. The van der Waals surface area contributed by atoms with Crippen LogP contribution in [-0.4, -0.2) is 56.1 Å². The summed E-state index contributed by atoms with van der Waals surface area (Å²) in [5.74, 6) is 0.0702. The van der Waals surface area contributed by atoms with Crippen molar-refractivity contribution in [1.82, 2.24) is 14.6 Å². The van der Waals surface area contributed by atoms with Crippen molar-refractivity contribution in [1.29, 1.82) is 5.26 Å². The minimum atomic E-state index is -3.74. The number of benzene rings is 2. The fourth-order valence-corrected chi connectivity index (χ4v) is 5.36. The molecule has 0 unspecified atom stereocenters. The lowest BCUT2D eigenvalue weighted by Crippen LogP contribution is -2.30. The Bertz CT molecular complexity index is 1460.